The lowest BCUT2D eigenvalue weighted by Gasteiger charge is -2.19. The Bertz CT molecular complexity index is 459. The largest absolute Gasteiger partial charge is 0.368 e. The topological polar surface area (TPSA) is 119 Å². The number of pyridine rings is 1. The standard InChI is InChI=1S/C10H11ClN4O3/c11-7-2-1-6(3-14-7)10(18)15(4-8(12)16)5-9(13)17/h1-3H,4-5H2,(H2,12,16)(H2,13,17). The number of nitrogens with zero attached hydrogens (tertiary/aromatic N) is 2. The first-order valence-electron chi connectivity index (χ1n) is 4.87. The molecule has 1 aromatic heterocycles. The third-order valence-electron chi connectivity index (χ3n) is 1.95. The maximum Gasteiger partial charge on any atom is 0.256 e. The van der Waals surface area contributed by atoms with Gasteiger partial charge in [-0.3, -0.25) is 14.4 Å². The maximum atomic E-state index is 12.0. The molecule has 0 saturated heterocycles. The molecule has 0 unspecified atom stereocenters. The molecule has 18 heavy (non-hydrogen) atoms. The summed E-state index contributed by atoms with van der Waals surface area (Å²) in [6.07, 6.45) is 1.24. The number of aromatic nitrogens is 1. The van der Waals surface area contributed by atoms with E-state index in [0.717, 1.165) is 4.90 Å². The summed E-state index contributed by atoms with van der Waals surface area (Å²) in [6.45, 7) is -0.797. The second-order valence-electron chi connectivity index (χ2n) is 3.46. The number of halogens is 1. The number of hydrogen-bond acceptors (Lipinski definition) is 4. The minimum Gasteiger partial charge on any atom is -0.368 e. The molecule has 4 N–H and O–H groups in total. The molecule has 0 aliphatic heterocycles. The van der Waals surface area contributed by atoms with Crippen molar-refractivity contribution in [3.8, 4) is 0 Å². The molecule has 3 amide bonds. The maximum absolute atomic E-state index is 12.0. The first kappa shape index (κ1) is 13.9. The minimum atomic E-state index is -0.744. The fourth-order valence-electron chi connectivity index (χ4n) is 1.26. The summed E-state index contributed by atoms with van der Waals surface area (Å²) in [5, 5.41) is 0.225. The van der Waals surface area contributed by atoms with Gasteiger partial charge in [0.05, 0.1) is 5.56 Å². The Kier molecular flexibility index (Phi) is 4.61. The van der Waals surface area contributed by atoms with Crippen molar-refractivity contribution in [1.82, 2.24) is 9.88 Å². The number of carbonyl (C=O) groups is 3. The van der Waals surface area contributed by atoms with Crippen LogP contribution < -0.4 is 11.5 Å². The van der Waals surface area contributed by atoms with Crippen LogP contribution in [-0.4, -0.2) is 40.7 Å². The Morgan fingerprint density at radius 2 is 1.72 bits per heavy atom. The molecule has 0 aromatic carbocycles. The van der Waals surface area contributed by atoms with Crippen molar-refractivity contribution in [2.45, 2.75) is 0 Å². The normalized spacial score (nSPS) is 9.83. The van der Waals surface area contributed by atoms with E-state index >= 15 is 0 Å². The Morgan fingerprint density at radius 1 is 1.17 bits per heavy atom. The van der Waals surface area contributed by atoms with Crippen LogP contribution >= 0.6 is 11.6 Å². The quantitative estimate of drug-likeness (QED) is 0.677. The molecule has 0 bridgehead atoms. The first-order chi connectivity index (χ1) is 8.40. The predicted molar refractivity (Wildman–Crippen MR) is 63.5 cm³/mol. The van der Waals surface area contributed by atoms with Gasteiger partial charge in [-0.05, 0) is 12.1 Å². The van der Waals surface area contributed by atoms with E-state index in [9.17, 15) is 14.4 Å². The van der Waals surface area contributed by atoms with Crippen molar-refractivity contribution in [3.63, 3.8) is 0 Å². The SMILES string of the molecule is NC(=O)CN(CC(N)=O)C(=O)c1ccc(Cl)nc1. The highest BCUT2D eigenvalue weighted by molar-refractivity contribution is 6.29. The number of nitrogens with two attached hydrogens (primary N) is 2. The van der Waals surface area contributed by atoms with Gasteiger partial charge < -0.3 is 16.4 Å². The highest BCUT2D eigenvalue weighted by atomic mass is 35.5. The molecule has 1 rings (SSSR count). The van der Waals surface area contributed by atoms with Crippen molar-refractivity contribution in [3.05, 3.63) is 29.0 Å². The van der Waals surface area contributed by atoms with Crippen LogP contribution in [0.5, 0.6) is 0 Å². The van der Waals surface area contributed by atoms with Crippen LogP contribution in [0.15, 0.2) is 18.3 Å². The first-order valence-corrected chi connectivity index (χ1v) is 5.25. The van der Waals surface area contributed by atoms with E-state index < -0.39 is 30.8 Å². The van der Waals surface area contributed by atoms with Gasteiger partial charge in [0, 0.05) is 6.20 Å². The average molecular weight is 271 g/mol. The second-order valence-corrected chi connectivity index (χ2v) is 3.85. The van der Waals surface area contributed by atoms with Crippen molar-refractivity contribution in [1.29, 1.82) is 0 Å². The van der Waals surface area contributed by atoms with Crippen LogP contribution in [0.2, 0.25) is 5.15 Å². The molecular weight excluding hydrogens is 260 g/mol. The molecule has 0 saturated carbocycles. The lowest BCUT2D eigenvalue weighted by Crippen LogP contribution is -2.43. The Morgan fingerprint density at radius 3 is 2.11 bits per heavy atom. The van der Waals surface area contributed by atoms with Crippen LogP contribution in [0.4, 0.5) is 0 Å². The van der Waals surface area contributed by atoms with Crippen molar-refractivity contribution < 1.29 is 14.4 Å². The van der Waals surface area contributed by atoms with Gasteiger partial charge in [0.2, 0.25) is 11.8 Å². The molecule has 0 radical (unpaired) electrons. The van der Waals surface area contributed by atoms with Crippen LogP contribution in [0.3, 0.4) is 0 Å². The van der Waals surface area contributed by atoms with Crippen molar-refractivity contribution >= 4 is 29.3 Å². The fourth-order valence-corrected chi connectivity index (χ4v) is 1.37. The summed E-state index contributed by atoms with van der Waals surface area (Å²) in [5.41, 5.74) is 10.2. The molecule has 0 spiro atoms. The molecule has 1 aromatic rings. The summed E-state index contributed by atoms with van der Waals surface area (Å²) >= 11 is 5.58. The van der Waals surface area contributed by atoms with Gasteiger partial charge in [-0.15, -0.1) is 0 Å². The summed E-state index contributed by atoms with van der Waals surface area (Å²) in [4.78, 5) is 38.3. The summed E-state index contributed by atoms with van der Waals surface area (Å²) in [6, 6.07) is 2.84. The zero-order valence-corrected chi connectivity index (χ0v) is 10.1. The second kappa shape index (κ2) is 5.97. The molecule has 96 valence electrons. The molecule has 0 aliphatic rings. The van der Waals surface area contributed by atoms with Gasteiger partial charge in [-0.25, -0.2) is 4.98 Å². The Balaban J connectivity index is 2.90. The van der Waals surface area contributed by atoms with E-state index in [1.165, 1.54) is 18.3 Å². The molecule has 7 nitrogen and oxygen atoms in total. The zero-order chi connectivity index (χ0) is 13.7. The summed E-state index contributed by atoms with van der Waals surface area (Å²) in [7, 11) is 0. The van der Waals surface area contributed by atoms with Crippen LogP contribution in [0.25, 0.3) is 0 Å². The van der Waals surface area contributed by atoms with Gasteiger partial charge in [-0.2, -0.15) is 0 Å². The zero-order valence-electron chi connectivity index (χ0n) is 9.30. The third kappa shape index (κ3) is 4.02. The van der Waals surface area contributed by atoms with Gasteiger partial charge in [0.25, 0.3) is 5.91 Å². The number of rotatable bonds is 5. The Hall–Kier alpha value is -2.15. The van der Waals surface area contributed by atoms with Crippen molar-refractivity contribution in [2.24, 2.45) is 11.5 Å². The van der Waals surface area contributed by atoms with E-state index in [0.29, 0.717) is 0 Å². The highest BCUT2D eigenvalue weighted by Gasteiger charge is 2.19. The van der Waals surface area contributed by atoms with Crippen LogP contribution in [0.1, 0.15) is 10.4 Å². The number of amides is 3. The van der Waals surface area contributed by atoms with E-state index in [1.54, 1.807) is 0 Å². The highest BCUT2D eigenvalue weighted by Crippen LogP contribution is 2.08. The summed E-state index contributed by atoms with van der Waals surface area (Å²) in [5.74, 6) is -2.06. The average Bonchev–Trinajstić information content (AvgIpc) is 2.27. The molecule has 0 atom stereocenters. The van der Waals surface area contributed by atoms with Crippen LogP contribution in [0, 0.1) is 0 Å². The Labute approximate surface area is 108 Å². The fraction of sp³-hybridized carbons (Fsp3) is 0.200. The van der Waals surface area contributed by atoms with Gasteiger partial charge in [0.1, 0.15) is 18.2 Å². The number of primary amides is 2. The van der Waals surface area contributed by atoms with E-state index in [1.807, 2.05) is 0 Å². The third-order valence-corrected chi connectivity index (χ3v) is 2.18. The molecule has 0 aliphatic carbocycles. The molecule has 0 fully saturated rings. The minimum absolute atomic E-state index is 0.182. The molecular formula is C10H11ClN4O3. The van der Waals surface area contributed by atoms with Crippen molar-refractivity contribution in [2.75, 3.05) is 13.1 Å². The molecule has 1 heterocycles. The van der Waals surface area contributed by atoms with Gasteiger partial charge >= 0.3 is 0 Å². The summed E-state index contributed by atoms with van der Waals surface area (Å²) < 4.78 is 0. The van der Waals surface area contributed by atoms with Crippen LogP contribution in [-0.2, 0) is 9.59 Å². The smallest absolute Gasteiger partial charge is 0.256 e. The van der Waals surface area contributed by atoms with E-state index in [2.05, 4.69) is 4.98 Å². The number of hydrogen-bond donors (Lipinski definition) is 2. The monoisotopic (exact) mass is 270 g/mol. The van der Waals surface area contributed by atoms with E-state index in [-0.39, 0.29) is 10.7 Å². The molecule has 8 heteroatoms. The lowest BCUT2D eigenvalue weighted by atomic mass is 10.2. The lowest BCUT2D eigenvalue weighted by molar-refractivity contribution is -0.121. The van der Waals surface area contributed by atoms with Gasteiger partial charge in [0.15, 0.2) is 0 Å². The van der Waals surface area contributed by atoms with Gasteiger partial charge in [-0.1, -0.05) is 11.6 Å². The number of carbonyl (C=O) groups excluding carboxylic acids is 3. The van der Waals surface area contributed by atoms with E-state index in [4.69, 9.17) is 23.1 Å². The predicted octanol–water partition coefficient (Wildman–Crippen LogP) is -0.852.